The van der Waals surface area contributed by atoms with Crippen molar-refractivity contribution in [3.05, 3.63) is 53.6 Å². The van der Waals surface area contributed by atoms with E-state index >= 15 is 0 Å². The molecule has 2 aliphatic heterocycles. The normalized spacial score (nSPS) is 18.7. The summed E-state index contributed by atoms with van der Waals surface area (Å²) >= 11 is 7.14. The average molecular weight is 577 g/mol. The van der Waals surface area contributed by atoms with Crippen LogP contribution in [0.4, 0.5) is 5.69 Å². The summed E-state index contributed by atoms with van der Waals surface area (Å²) in [6.45, 7) is 2.74. The zero-order valence-electron chi connectivity index (χ0n) is 20.9. The van der Waals surface area contributed by atoms with E-state index in [2.05, 4.69) is 9.62 Å². The number of likely N-dealkylation sites (tertiary alicyclic amines) is 1. The van der Waals surface area contributed by atoms with Gasteiger partial charge in [0, 0.05) is 42.4 Å². The summed E-state index contributed by atoms with van der Waals surface area (Å²) in [5.41, 5.74) is 0.991. The van der Waals surface area contributed by atoms with Crippen molar-refractivity contribution in [2.45, 2.75) is 23.1 Å². The van der Waals surface area contributed by atoms with Gasteiger partial charge in [-0.1, -0.05) is 29.8 Å². The first-order valence-corrected chi connectivity index (χ1v) is 15.1. The molecule has 1 unspecified atom stereocenters. The third kappa shape index (κ3) is 5.61. The lowest BCUT2D eigenvalue weighted by Crippen LogP contribution is -2.56. The first kappa shape index (κ1) is 26.7. The molecule has 12 heteroatoms. The second kappa shape index (κ2) is 11.1. The standard InChI is InChI=1S/C26H29ClN4O5S2/c1-36-22-7-3-2-6-21(22)29-11-13-30(14-12-29)24(32)17-31-10-4-5-20(26(31)33)28-38(34,35)25-15-18-8-9-19(27)16-23(18)37-25/h2-3,6-9,15-16,20,28H,4-5,10-14,17H2,1H3. The highest BCUT2D eigenvalue weighted by Crippen LogP contribution is 2.32. The number of nitrogens with zero attached hydrogens (tertiary/aromatic N) is 3. The molecule has 5 rings (SSSR count). The second-order valence-electron chi connectivity index (χ2n) is 9.36. The maximum Gasteiger partial charge on any atom is 0.250 e. The van der Waals surface area contributed by atoms with Crippen LogP contribution in [0.5, 0.6) is 5.75 Å². The van der Waals surface area contributed by atoms with E-state index in [-0.39, 0.29) is 22.6 Å². The van der Waals surface area contributed by atoms with Gasteiger partial charge in [-0.15, -0.1) is 11.3 Å². The van der Waals surface area contributed by atoms with Crippen LogP contribution in [0.25, 0.3) is 10.1 Å². The predicted molar refractivity (Wildman–Crippen MR) is 149 cm³/mol. The molecule has 3 heterocycles. The molecular weight excluding hydrogens is 548 g/mol. The maximum atomic E-state index is 13.2. The second-order valence-corrected chi connectivity index (χ2v) is 12.8. The Kier molecular flexibility index (Phi) is 7.80. The highest BCUT2D eigenvalue weighted by Gasteiger charge is 2.35. The number of amides is 2. The molecule has 202 valence electrons. The molecule has 0 bridgehead atoms. The van der Waals surface area contributed by atoms with Crippen molar-refractivity contribution in [2.75, 3.05) is 51.3 Å². The van der Waals surface area contributed by atoms with Crippen LogP contribution in [0.2, 0.25) is 5.02 Å². The van der Waals surface area contributed by atoms with Crippen LogP contribution in [-0.2, 0) is 19.6 Å². The number of ether oxygens (including phenoxy) is 1. The number of fused-ring (bicyclic) bond motifs is 1. The number of piperazine rings is 1. The number of benzene rings is 2. The van der Waals surface area contributed by atoms with Crippen molar-refractivity contribution in [3.8, 4) is 5.75 Å². The van der Waals surface area contributed by atoms with Gasteiger partial charge in [0.2, 0.25) is 11.8 Å². The predicted octanol–water partition coefficient (Wildman–Crippen LogP) is 3.18. The van der Waals surface area contributed by atoms with Crippen LogP contribution in [0.3, 0.4) is 0 Å². The van der Waals surface area contributed by atoms with E-state index in [4.69, 9.17) is 16.3 Å². The number of sulfonamides is 1. The summed E-state index contributed by atoms with van der Waals surface area (Å²) in [6.07, 6.45) is 0.993. The molecule has 3 aromatic rings. The summed E-state index contributed by atoms with van der Waals surface area (Å²) < 4.78 is 35.1. The number of hydrogen-bond donors (Lipinski definition) is 1. The van der Waals surface area contributed by atoms with Crippen molar-refractivity contribution in [1.29, 1.82) is 0 Å². The summed E-state index contributed by atoms with van der Waals surface area (Å²) in [7, 11) is -2.27. The Hall–Kier alpha value is -2.86. The molecule has 0 aliphatic carbocycles. The minimum absolute atomic E-state index is 0.0624. The number of carbonyl (C=O) groups excluding carboxylic acids is 2. The highest BCUT2D eigenvalue weighted by molar-refractivity contribution is 7.91. The number of hydrogen-bond acceptors (Lipinski definition) is 7. The molecule has 0 spiro atoms. The minimum atomic E-state index is -3.91. The lowest BCUT2D eigenvalue weighted by molar-refractivity contribution is -0.143. The van der Waals surface area contributed by atoms with Gasteiger partial charge in [-0.25, -0.2) is 8.42 Å². The van der Waals surface area contributed by atoms with Crippen LogP contribution >= 0.6 is 22.9 Å². The maximum absolute atomic E-state index is 13.2. The Bertz CT molecular complexity index is 1450. The number of carbonyl (C=O) groups is 2. The molecule has 2 fully saturated rings. The van der Waals surface area contributed by atoms with Gasteiger partial charge in [0.25, 0.3) is 10.0 Å². The fourth-order valence-electron chi connectivity index (χ4n) is 4.92. The molecule has 0 radical (unpaired) electrons. The van der Waals surface area contributed by atoms with Crippen molar-refractivity contribution in [3.63, 3.8) is 0 Å². The molecule has 1 atom stereocenters. The fraction of sp³-hybridized carbons (Fsp3) is 0.385. The largest absolute Gasteiger partial charge is 0.495 e. The number of anilines is 1. The van der Waals surface area contributed by atoms with Gasteiger partial charge in [-0.05, 0) is 48.6 Å². The average Bonchev–Trinajstić information content (AvgIpc) is 3.35. The summed E-state index contributed by atoms with van der Waals surface area (Å²) in [6, 6.07) is 13.7. The molecule has 2 amide bonds. The molecule has 0 saturated carbocycles. The van der Waals surface area contributed by atoms with E-state index in [0.29, 0.717) is 50.6 Å². The molecular formula is C26H29ClN4O5S2. The van der Waals surface area contributed by atoms with E-state index in [9.17, 15) is 18.0 Å². The summed E-state index contributed by atoms with van der Waals surface area (Å²) in [4.78, 5) is 31.6. The Balaban J connectivity index is 1.19. The fourth-order valence-corrected chi connectivity index (χ4v) is 7.83. The summed E-state index contributed by atoms with van der Waals surface area (Å²) in [5.74, 6) is 0.284. The number of halogens is 1. The number of methoxy groups -OCH3 is 1. The third-order valence-corrected chi connectivity index (χ3v) is 10.2. The SMILES string of the molecule is COc1ccccc1N1CCN(C(=O)CN2CCCC(NS(=O)(=O)c3cc4ccc(Cl)cc4s3)C2=O)CC1. The number of nitrogens with one attached hydrogen (secondary N) is 1. The number of rotatable bonds is 7. The smallest absolute Gasteiger partial charge is 0.250 e. The Labute approximate surface area is 231 Å². The first-order chi connectivity index (χ1) is 18.2. The van der Waals surface area contributed by atoms with E-state index < -0.39 is 16.1 Å². The van der Waals surface area contributed by atoms with Crippen molar-refractivity contribution in [2.24, 2.45) is 0 Å². The quantitative estimate of drug-likeness (QED) is 0.464. The van der Waals surface area contributed by atoms with Gasteiger partial charge in [0.05, 0.1) is 19.3 Å². The van der Waals surface area contributed by atoms with Crippen molar-refractivity contribution >= 4 is 60.5 Å². The molecule has 1 N–H and O–H groups in total. The van der Waals surface area contributed by atoms with Gasteiger partial charge in [-0.2, -0.15) is 4.72 Å². The van der Waals surface area contributed by atoms with Crippen LogP contribution in [0.1, 0.15) is 12.8 Å². The van der Waals surface area contributed by atoms with Gasteiger partial charge in [0.15, 0.2) is 0 Å². The topological polar surface area (TPSA) is 99.3 Å². The van der Waals surface area contributed by atoms with Gasteiger partial charge >= 0.3 is 0 Å². The van der Waals surface area contributed by atoms with Crippen molar-refractivity contribution in [1.82, 2.24) is 14.5 Å². The molecule has 2 aromatic carbocycles. The van der Waals surface area contributed by atoms with Crippen molar-refractivity contribution < 1.29 is 22.7 Å². The summed E-state index contributed by atoms with van der Waals surface area (Å²) in [5, 5.41) is 1.30. The highest BCUT2D eigenvalue weighted by atomic mass is 35.5. The number of para-hydroxylation sites is 2. The zero-order chi connectivity index (χ0) is 26.9. The van der Waals surface area contributed by atoms with Crippen LogP contribution in [-0.4, -0.2) is 82.5 Å². The molecule has 9 nitrogen and oxygen atoms in total. The third-order valence-electron chi connectivity index (χ3n) is 6.94. The van der Waals surface area contributed by atoms with E-state index in [0.717, 1.165) is 32.9 Å². The van der Waals surface area contributed by atoms with Crippen LogP contribution in [0, 0.1) is 0 Å². The lowest BCUT2D eigenvalue weighted by Gasteiger charge is -2.38. The molecule has 2 aliphatic rings. The molecule has 2 saturated heterocycles. The van der Waals surface area contributed by atoms with E-state index in [1.54, 1.807) is 36.3 Å². The molecule has 38 heavy (non-hydrogen) atoms. The first-order valence-electron chi connectivity index (χ1n) is 12.4. The Morgan fingerprint density at radius 2 is 1.87 bits per heavy atom. The van der Waals surface area contributed by atoms with Gasteiger partial charge in [-0.3, -0.25) is 9.59 Å². The monoisotopic (exact) mass is 576 g/mol. The van der Waals surface area contributed by atoms with Crippen LogP contribution in [0.15, 0.2) is 52.7 Å². The van der Waals surface area contributed by atoms with Crippen LogP contribution < -0.4 is 14.4 Å². The zero-order valence-corrected chi connectivity index (χ0v) is 23.3. The van der Waals surface area contributed by atoms with E-state index in [1.807, 2.05) is 24.3 Å². The number of thiophene rings is 1. The Morgan fingerprint density at radius 1 is 1.11 bits per heavy atom. The molecule has 1 aromatic heterocycles. The van der Waals surface area contributed by atoms with Gasteiger partial charge < -0.3 is 19.4 Å². The lowest BCUT2D eigenvalue weighted by atomic mass is 10.1. The van der Waals surface area contributed by atoms with Gasteiger partial charge in [0.1, 0.15) is 16.0 Å². The number of piperidine rings is 1. The van der Waals surface area contributed by atoms with E-state index in [1.165, 1.54) is 4.90 Å². The Morgan fingerprint density at radius 3 is 2.63 bits per heavy atom. The minimum Gasteiger partial charge on any atom is -0.495 e.